The summed E-state index contributed by atoms with van der Waals surface area (Å²) in [5, 5.41) is 0. The van der Waals surface area contributed by atoms with Crippen molar-refractivity contribution in [3.63, 3.8) is 0 Å². The Morgan fingerprint density at radius 2 is 1.82 bits per heavy atom. The number of ketones is 1. The number of thiocarbonyl (C=S) groups is 1. The Bertz CT molecular complexity index is 155. The second-order valence-electron chi connectivity index (χ2n) is 1.99. The number of thiol groups is 1. The van der Waals surface area contributed by atoms with Crippen LogP contribution >= 0.6 is 24.8 Å². The van der Waals surface area contributed by atoms with Crippen molar-refractivity contribution in [1.29, 1.82) is 0 Å². The number of rotatable bonds is 1. The molecule has 0 amide bonds. The molecule has 0 bridgehead atoms. The van der Waals surface area contributed by atoms with Crippen LogP contribution in [0.5, 0.6) is 0 Å². The molecule has 0 saturated carbocycles. The lowest BCUT2D eigenvalue weighted by Gasteiger charge is -2.05. The normalized spacial score (nSPS) is 7.27. The zero-order chi connectivity index (χ0) is 9.44. The van der Waals surface area contributed by atoms with Crippen molar-refractivity contribution in [1.82, 2.24) is 4.90 Å². The first-order valence-corrected chi connectivity index (χ1v) is 3.80. The minimum Gasteiger partial charge on any atom is -0.364 e. The zero-order valence-electron chi connectivity index (χ0n) is 7.00. The maximum Gasteiger partial charge on any atom is 0.152 e. The molecule has 0 aromatic heterocycles. The van der Waals surface area contributed by atoms with Crippen molar-refractivity contribution in [3.8, 4) is 0 Å². The van der Waals surface area contributed by atoms with Crippen LogP contribution < -0.4 is 0 Å². The lowest BCUT2D eigenvalue weighted by molar-refractivity contribution is -0.112. The van der Waals surface area contributed by atoms with Crippen LogP contribution in [0.15, 0.2) is 12.7 Å². The highest BCUT2D eigenvalue weighted by molar-refractivity contribution is 8.10. The van der Waals surface area contributed by atoms with Crippen molar-refractivity contribution in [2.45, 2.75) is 6.92 Å². The Morgan fingerprint density at radius 1 is 1.64 bits per heavy atom. The van der Waals surface area contributed by atoms with Crippen molar-refractivity contribution < 1.29 is 4.79 Å². The van der Waals surface area contributed by atoms with E-state index in [4.69, 9.17) is 0 Å². The van der Waals surface area contributed by atoms with E-state index in [9.17, 15) is 4.79 Å². The van der Waals surface area contributed by atoms with Crippen LogP contribution in [-0.2, 0) is 4.79 Å². The molecule has 0 fully saturated rings. The largest absolute Gasteiger partial charge is 0.364 e. The summed E-state index contributed by atoms with van der Waals surface area (Å²) in [5.41, 5.74) is 0. The molecule has 0 atom stereocenters. The smallest absolute Gasteiger partial charge is 0.152 e. The highest BCUT2D eigenvalue weighted by atomic mass is 32.1. The van der Waals surface area contributed by atoms with Crippen molar-refractivity contribution >= 4 is 35.0 Å². The van der Waals surface area contributed by atoms with E-state index in [1.165, 1.54) is 13.0 Å². The number of allylic oxidation sites excluding steroid dienone is 1. The molecule has 0 aliphatic carbocycles. The van der Waals surface area contributed by atoms with Gasteiger partial charge >= 0.3 is 0 Å². The number of hydrogen-bond acceptors (Lipinski definition) is 2. The summed E-state index contributed by atoms with van der Waals surface area (Å²) in [4.78, 5) is 11.5. The molecule has 2 nitrogen and oxygen atoms in total. The molecule has 0 spiro atoms. The Labute approximate surface area is 78.7 Å². The first-order valence-electron chi connectivity index (χ1n) is 2.95. The molecule has 0 aromatic rings. The molecular weight excluding hydrogens is 178 g/mol. The molecular formula is C7H13NOS2. The summed E-state index contributed by atoms with van der Waals surface area (Å²) < 4.78 is 0.620. The fraction of sp³-hybridized carbons (Fsp3) is 0.429. The van der Waals surface area contributed by atoms with Crippen molar-refractivity contribution in [3.05, 3.63) is 12.7 Å². The second-order valence-corrected chi connectivity index (χ2v) is 3.10. The first-order chi connectivity index (χ1) is 4.91. The third-order valence-electron chi connectivity index (χ3n) is 0.670. The predicted octanol–water partition coefficient (Wildman–Crippen LogP) is 1.52. The Morgan fingerprint density at radius 3 is 1.82 bits per heavy atom. The molecule has 64 valence electrons. The van der Waals surface area contributed by atoms with E-state index in [0.29, 0.717) is 4.32 Å². The molecule has 0 radical (unpaired) electrons. The molecule has 0 unspecified atom stereocenters. The summed E-state index contributed by atoms with van der Waals surface area (Å²) >= 11 is 8.46. The van der Waals surface area contributed by atoms with Gasteiger partial charge < -0.3 is 4.90 Å². The summed E-state index contributed by atoms with van der Waals surface area (Å²) in [5.74, 6) is 0.0185. The van der Waals surface area contributed by atoms with Gasteiger partial charge in [-0.25, -0.2) is 0 Å². The monoisotopic (exact) mass is 191 g/mol. The van der Waals surface area contributed by atoms with Gasteiger partial charge in [0, 0.05) is 14.1 Å². The minimum absolute atomic E-state index is 0.0185. The van der Waals surface area contributed by atoms with Gasteiger partial charge in [0.1, 0.15) is 4.32 Å². The van der Waals surface area contributed by atoms with Gasteiger partial charge in [-0.3, -0.25) is 4.79 Å². The van der Waals surface area contributed by atoms with Gasteiger partial charge in [-0.05, 0) is 13.0 Å². The van der Waals surface area contributed by atoms with Gasteiger partial charge in [-0.15, -0.1) is 12.6 Å². The lowest BCUT2D eigenvalue weighted by Crippen LogP contribution is -2.12. The highest BCUT2D eigenvalue weighted by Gasteiger charge is 1.83. The fourth-order valence-electron chi connectivity index (χ4n) is 0. The predicted molar refractivity (Wildman–Crippen MR) is 56.1 cm³/mol. The molecule has 0 heterocycles. The van der Waals surface area contributed by atoms with Crippen LogP contribution in [0.4, 0.5) is 0 Å². The van der Waals surface area contributed by atoms with E-state index >= 15 is 0 Å². The summed E-state index contributed by atoms with van der Waals surface area (Å²) in [7, 11) is 3.71. The van der Waals surface area contributed by atoms with Gasteiger partial charge in [0.25, 0.3) is 0 Å². The lowest BCUT2D eigenvalue weighted by atomic mass is 10.5. The summed E-state index contributed by atoms with van der Waals surface area (Å²) in [6.45, 7) is 4.68. The summed E-state index contributed by atoms with van der Waals surface area (Å²) in [6, 6.07) is 0. The van der Waals surface area contributed by atoms with Crippen LogP contribution in [0.3, 0.4) is 0 Å². The van der Waals surface area contributed by atoms with Crippen molar-refractivity contribution in [2.24, 2.45) is 0 Å². The third kappa shape index (κ3) is 17.7. The molecule has 0 aliphatic rings. The topological polar surface area (TPSA) is 20.3 Å². The van der Waals surface area contributed by atoms with Crippen LogP contribution in [0, 0.1) is 0 Å². The van der Waals surface area contributed by atoms with Gasteiger partial charge in [-0.2, -0.15) is 0 Å². The number of nitrogens with zero attached hydrogens (tertiary/aromatic N) is 1. The van der Waals surface area contributed by atoms with E-state index in [1.54, 1.807) is 4.90 Å². The van der Waals surface area contributed by atoms with E-state index in [1.807, 2.05) is 14.1 Å². The van der Waals surface area contributed by atoms with Crippen molar-refractivity contribution in [2.75, 3.05) is 14.1 Å². The molecule has 0 N–H and O–H groups in total. The number of carbonyl (C=O) groups excluding carboxylic acids is 1. The minimum atomic E-state index is 0.0185. The molecule has 0 rings (SSSR count). The molecule has 4 heteroatoms. The zero-order valence-corrected chi connectivity index (χ0v) is 8.71. The molecule has 0 aliphatic heterocycles. The van der Waals surface area contributed by atoms with E-state index in [0.717, 1.165) is 0 Å². The maximum atomic E-state index is 9.69. The second kappa shape index (κ2) is 7.75. The van der Waals surface area contributed by atoms with Crippen LogP contribution in [0.25, 0.3) is 0 Å². The van der Waals surface area contributed by atoms with E-state index in [2.05, 4.69) is 31.4 Å². The average Bonchev–Trinajstić information content (AvgIpc) is 1.89. The number of carbonyl (C=O) groups is 1. The highest BCUT2D eigenvalue weighted by Crippen LogP contribution is 1.84. The summed E-state index contributed by atoms with van der Waals surface area (Å²) in [6.07, 6.45) is 1.28. The van der Waals surface area contributed by atoms with Gasteiger partial charge in [0.15, 0.2) is 5.78 Å². The first kappa shape index (κ1) is 13.3. The van der Waals surface area contributed by atoms with Crippen LogP contribution in [-0.4, -0.2) is 29.1 Å². The van der Waals surface area contributed by atoms with Crippen LogP contribution in [0.2, 0.25) is 0 Å². The van der Waals surface area contributed by atoms with E-state index < -0.39 is 0 Å². The Kier molecular flexibility index (Phi) is 9.34. The number of hydrogen-bond donors (Lipinski definition) is 1. The Balaban J connectivity index is 0. The fourth-order valence-corrected chi connectivity index (χ4v) is 0. The van der Waals surface area contributed by atoms with Gasteiger partial charge in [0.2, 0.25) is 0 Å². The molecule has 11 heavy (non-hydrogen) atoms. The van der Waals surface area contributed by atoms with Gasteiger partial charge in [0.05, 0.1) is 0 Å². The SMILES string of the molecule is C=CC(C)=O.CN(C)C(=S)S. The molecule has 0 saturated heterocycles. The van der Waals surface area contributed by atoms with Crippen LogP contribution in [0.1, 0.15) is 6.92 Å². The molecule has 0 aromatic carbocycles. The third-order valence-corrected chi connectivity index (χ3v) is 1.44. The standard InChI is InChI=1S/C4H6O.C3H7NS2/c1-3-4(2)5;1-4(2)3(5)6/h3H,1H2,2H3;1-2H3,(H,5,6). The van der Waals surface area contributed by atoms with Gasteiger partial charge in [-0.1, -0.05) is 18.8 Å². The van der Waals surface area contributed by atoms with E-state index in [-0.39, 0.29) is 5.78 Å². The average molecular weight is 191 g/mol. The Hall–Kier alpha value is -0.350. The maximum absolute atomic E-state index is 9.69. The quantitative estimate of drug-likeness (QED) is 0.385.